The number of piperidine rings is 1. The molecule has 1 fully saturated rings. The second-order valence-electron chi connectivity index (χ2n) is 7.80. The molecule has 2 aromatic carbocycles. The minimum atomic E-state index is -3.94. The maximum Gasteiger partial charge on any atom is 0.245 e. The Morgan fingerprint density at radius 2 is 1.64 bits per heavy atom. The number of amides is 1. The predicted molar refractivity (Wildman–Crippen MR) is 121 cm³/mol. The number of ether oxygens (including phenoxy) is 3. The van der Waals surface area contributed by atoms with Gasteiger partial charge in [0.05, 0.1) is 27.4 Å². The van der Waals surface area contributed by atoms with Crippen LogP contribution in [0.5, 0.6) is 17.2 Å². The average molecular weight is 481 g/mol. The van der Waals surface area contributed by atoms with Gasteiger partial charge in [0.1, 0.15) is 10.7 Å². The molecule has 1 N–H and O–H groups in total. The van der Waals surface area contributed by atoms with Gasteiger partial charge in [-0.25, -0.2) is 12.8 Å². The molecular weight excluding hydrogens is 451 g/mol. The van der Waals surface area contributed by atoms with Crippen molar-refractivity contribution < 1.29 is 31.8 Å². The number of methoxy groups -OCH3 is 3. The molecule has 0 aliphatic carbocycles. The highest BCUT2D eigenvalue weighted by Gasteiger charge is 2.33. The third kappa shape index (κ3) is 5.22. The minimum Gasteiger partial charge on any atom is -0.493 e. The number of hydrogen-bond donors (Lipinski definition) is 1. The summed E-state index contributed by atoms with van der Waals surface area (Å²) in [5.74, 6) is 0.141. The number of hydrogen-bond acceptors (Lipinski definition) is 6. The van der Waals surface area contributed by atoms with Crippen LogP contribution in [-0.2, 0) is 14.8 Å². The maximum atomic E-state index is 14.0. The summed E-state index contributed by atoms with van der Waals surface area (Å²) in [6.07, 6.45) is 0.697. The van der Waals surface area contributed by atoms with Gasteiger partial charge in [0, 0.05) is 19.0 Å². The van der Waals surface area contributed by atoms with E-state index in [1.807, 2.05) is 6.92 Å². The second kappa shape index (κ2) is 10.4. The highest BCUT2D eigenvalue weighted by atomic mass is 32.2. The zero-order chi connectivity index (χ0) is 24.2. The Labute approximate surface area is 193 Å². The normalized spacial score (nSPS) is 16.2. The number of carbonyl (C=O) groups is 1. The van der Waals surface area contributed by atoms with Crippen LogP contribution in [0.15, 0.2) is 41.3 Å². The third-order valence-electron chi connectivity index (χ3n) is 5.83. The van der Waals surface area contributed by atoms with Crippen LogP contribution < -0.4 is 19.5 Å². The Morgan fingerprint density at radius 3 is 2.15 bits per heavy atom. The number of nitrogens with one attached hydrogen (secondary N) is 1. The van der Waals surface area contributed by atoms with E-state index in [0.29, 0.717) is 30.1 Å². The van der Waals surface area contributed by atoms with E-state index in [-0.39, 0.29) is 35.9 Å². The Bertz CT molecular complexity index is 1070. The molecule has 0 bridgehead atoms. The van der Waals surface area contributed by atoms with Crippen molar-refractivity contribution in [3.63, 3.8) is 0 Å². The van der Waals surface area contributed by atoms with Crippen LogP contribution in [-0.4, -0.2) is 53.0 Å². The molecule has 1 heterocycles. The van der Waals surface area contributed by atoms with Crippen LogP contribution in [0.25, 0.3) is 0 Å². The predicted octanol–water partition coefficient (Wildman–Crippen LogP) is 3.13. The van der Waals surface area contributed by atoms with Crippen molar-refractivity contribution in [3.05, 3.63) is 47.8 Å². The monoisotopic (exact) mass is 480 g/mol. The van der Waals surface area contributed by atoms with Gasteiger partial charge in [-0.2, -0.15) is 4.31 Å². The van der Waals surface area contributed by atoms with Crippen molar-refractivity contribution in [3.8, 4) is 17.2 Å². The first-order valence-electron chi connectivity index (χ1n) is 10.6. The SMILES string of the molecule is COc1cc(C(C)NC(=O)C2CCN(S(=O)(=O)c3ccccc3F)CC2)cc(OC)c1OC. The number of sulfonamides is 1. The summed E-state index contributed by atoms with van der Waals surface area (Å²) in [5, 5.41) is 2.98. The quantitative estimate of drug-likeness (QED) is 0.624. The summed E-state index contributed by atoms with van der Waals surface area (Å²) >= 11 is 0. The van der Waals surface area contributed by atoms with E-state index in [2.05, 4.69) is 5.32 Å². The van der Waals surface area contributed by atoms with Gasteiger partial charge in [-0.15, -0.1) is 0 Å². The first-order valence-corrected chi connectivity index (χ1v) is 12.0. The molecule has 1 aliphatic heterocycles. The fraction of sp³-hybridized carbons (Fsp3) is 0.435. The molecule has 0 spiro atoms. The third-order valence-corrected chi connectivity index (χ3v) is 7.76. The molecule has 33 heavy (non-hydrogen) atoms. The smallest absolute Gasteiger partial charge is 0.245 e. The molecule has 1 atom stereocenters. The van der Waals surface area contributed by atoms with E-state index in [0.717, 1.165) is 11.6 Å². The zero-order valence-corrected chi connectivity index (χ0v) is 19.9. The van der Waals surface area contributed by atoms with E-state index in [1.165, 1.54) is 43.8 Å². The van der Waals surface area contributed by atoms with Crippen LogP contribution in [0.1, 0.15) is 31.4 Å². The molecule has 180 valence electrons. The highest BCUT2D eigenvalue weighted by Crippen LogP contribution is 2.39. The van der Waals surface area contributed by atoms with Gasteiger partial charge in [0.25, 0.3) is 0 Å². The Balaban J connectivity index is 1.65. The fourth-order valence-corrected chi connectivity index (χ4v) is 5.45. The number of carbonyl (C=O) groups excluding carboxylic acids is 1. The largest absolute Gasteiger partial charge is 0.493 e. The van der Waals surface area contributed by atoms with E-state index < -0.39 is 15.8 Å². The van der Waals surface area contributed by atoms with E-state index in [4.69, 9.17) is 14.2 Å². The lowest BCUT2D eigenvalue weighted by molar-refractivity contribution is -0.126. The van der Waals surface area contributed by atoms with E-state index in [9.17, 15) is 17.6 Å². The molecule has 8 nitrogen and oxygen atoms in total. The molecule has 1 unspecified atom stereocenters. The summed E-state index contributed by atoms with van der Waals surface area (Å²) in [7, 11) is 0.618. The molecule has 0 saturated carbocycles. The topological polar surface area (TPSA) is 94.2 Å². The van der Waals surface area contributed by atoms with Gasteiger partial charge in [-0.1, -0.05) is 12.1 Å². The number of nitrogens with zero attached hydrogens (tertiary/aromatic N) is 1. The van der Waals surface area contributed by atoms with Crippen molar-refractivity contribution in [1.29, 1.82) is 0 Å². The summed E-state index contributed by atoms with van der Waals surface area (Å²) in [4.78, 5) is 12.5. The van der Waals surface area contributed by atoms with Crippen molar-refractivity contribution in [1.82, 2.24) is 9.62 Å². The first kappa shape index (κ1) is 24.8. The number of halogens is 1. The van der Waals surface area contributed by atoms with Gasteiger partial charge in [0.15, 0.2) is 11.5 Å². The van der Waals surface area contributed by atoms with Crippen molar-refractivity contribution in [2.24, 2.45) is 5.92 Å². The molecule has 1 aliphatic rings. The molecule has 0 radical (unpaired) electrons. The lowest BCUT2D eigenvalue weighted by Gasteiger charge is -2.31. The minimum absolute atomic E-state index is 0.146. The van der Waals surface area contributed by atoms with Gasteiger partial charge < -0.3 is 19.5 Å². The van der Waals surface area contributed by atoms with Crippen molar-refractivity contribution >= 4 is 15.9 Å². The van der Waals surface area contributed by atoms with Gasteiger partial charge in [0.2, 0.25) is 21.7 Å². The van der Waals surface area contributed by atoms with Crippen LogP contribution in [0, 0.1) is 11.7 Å². The molecule has 3 rings (SSSR count). The molecule has 2 aromatic rings. The fourth-order valence-electron chi connectivity index (χ4n) is 3.92. The molecule has 1 amide bonds. The standard InChI is InChI=1S/C23H29FN2O6S/c1-15(17-13-19(30-2)22(32-4)20(14-17)31-3)25-23(27)16-9-11-26(12-10-16)33(28,29)21-8-6-5-7-18(21)24/h5-8,13-16H,9-12H2,1-4H3,(H,25,27). The van der Waals surface area contributed by atoms with Crippen molar-refractivity contribution in [2.45, 2.75) is 30.7 Å². The molecule has 0 aromatic heterocycles. The Kier molecular flexibility index (Phi) is 7.80. The Morgan fingerprint density at radius 1 is 1.06 bits per heavy atom. The summed E-state index contributed by atoms with van der Waals surface area (Å²) in [6, 6.07) is 8.51. The van der Waals surface area contributed by atoms with E-state index in [1.54, 1.807) is 12.1 Å². The summed E-state index contributed by atoms with van der Waals surface area (Å²) in [6.45, 7) is 2.14. The molecule has 10 heteroatoms. The summed E-state index contributed by atoms with van der Waals surface area (Å²) < 4.78 is 56.9. The van der Waals surface area contributed by atoms with Crippen molar-refractivity contribution in [2.75, 3.05) is 34.4 Å². The van der Waals surface area contributed by atoms with E-state index >= 15 is 0 Å². The average Bonchev–Trinajstić information content (AvgIpc) is 2.83. The first-order chi connectivity index (χ1) is 15.7. The van der Waals surface area contributed by atoms with Gasteiger partial charge >= 0.3 is 0 Å². The number of rotatable bonds is 8. The molecular formula is C23H29FN2O6S. The van der Waals surface area contributed by atoms with Gasteiger partial charge in [-0.3, -0.25) is 4.79 Å². The second-order valence-corrected chi connectivity index (χ2v) is 9.70. The zero-order valence-electron chi connectivity index (χ0n) is 19.1. The van der Waals surface area contributed by atoms with Gasteiger partial charge in [-0.05, 0) is 49.6 Å². The van der Waals surface area contributed by atoms with Crippen LogP contribution in [0.2, 0.25) is 0 Å². The Hall–Kier alpha value is -2.85. The van der Waals surface area contributed by atoms with Crippen LogP contribution in [0.3, 0.4) is 0 Å². The highest BCUT2D eigenvalue weighted by molar-refractivity contribution is 7.89. The number of benzene rings is 2. The lowest BCUT2D eigenvalue weighted by Crippen LogP contribution is -2.43. The molecule has 1 saturated heterocycles. The maximum absolute atomic E-state index is 14.0. The summed E-state index contributed by atoms with van der Waals surface area (Å²) in [5.41, 5.74) is 0.775. The lowest BCUT2D eigenvalue weighted by atomic mass is 9.96. The van der Waals surface area contributed by atoms with Crippen LogP contribution >= 0.6 is 0 Å². The van der Waals surface area contributed by atoms with Crippen LogP contribution in [0.4, 0.5) is 4.39 Å².